The number of aromatic nitrogens is 1. The van der Waals surface area contributed by atoms with Gasteiger partial charge in [-0.3, -0.25) is 4.90 Å². The van der Waals surface area contributed by atoms with E-state index in [9.17, 15) is 4.79 Å². The second-order valence-corrected chi connectivity index (χ2v) is 5.81. The van der Waals surface area contributed by atoms with Crippen LogP contribution in [0.3, 0.4) is 0 Å². The van der Waals surface area contributed by atoms with E-state index in [2.05, 4.69) is 35.2 Å². The normalized spacial score (nSPS) is 16.2. The van der Waals surface area contributed by atoms with Gasteiger partial charge in [0, 0.05) is 6.20 Å². The van der Waals surface area contributed by atoms with Crippen LogP contribution >= 0.6 is 0 Å². The van der Waals surface area contributed by atoms with Crippen LogP contribution in [0.1, 0.15) is 19.4 Å². The van der Waals surface area contributed by atoms with Gasteiger partial charge in [0.25, 0.3) is 0 Å². The summed E-state index contributed by atoms with van der Waals surface area (Å²) in [5, 5.41) is 0. The molecule has 1 aliphatic heterocycles. The van der Waals surface area contributed by atoms with Gasteiger partial charge in [0.05, 0.1) is 12.1 Å². The SMILES string of the molecule is C#Cc1cccnc1N1CC(C)(C)OC1=O.c1cc2cc-2c1. The van der Waals surface area contributed by atoms with Crippen LogP contribution in [-0.4, -0.2) is 23.2 Å². The summed E-state index contributed by atoms with van der Waals surface area (Å²) >= 11 is 0. The number of rotatable bonds is 1. The first-order chi connectivity index (χ1) is 10.5. The summed E-state index contributed by atoms with van der Waals surface area (Å²) in [6.45, 7) is 4.16. The second-order valence-electron chi connectivity index (χ2n) is 5.81. The van der Waals surface area contributed by atoms with Crippen molar-refractivity contribution in [2.24, 2.45) is 0 Å². The third kappa shape index (κ3) is 2.79. The lowest BCUT2D eigenvalue weighted by Gasteiger charge is -2.15. The summed E-state index contributed by atoms with van der Waals surface area (Å²) in [5.74, 6) is 3.00. The molecule has 3 aliphatic rings. The van der Waals surface area contributed by atoms with Gasteiger partial charge in [-0.05, 0) is 43.2 Å². The molecule has 0 bridgehead atoms. The smallest absolute Gasteiger partial charge is 0.416 e. The number of carbonyl (C=O) groups is 1. The van der Waals surface area contributed by atoms with E-state index < -0.39 is 11.7 Å². The Morgan fingerprint density at radius 1 is 1.27 bits per heavy atom. The summed E-state index contributed by atoms with van der Waals surface area (Å²) < 4.78 is 5.19. The maximum absolute atomic E-state index is 11.7. The van der Waals surface area contributed by atoms with E-state index in [1.807, 2.05) is 13.8 Å². The van der Waals surface area contributed by atoms with Gasteiger partial charge in [-0.25, -0.2) is 9.78 Å². The molecule has 1 fully saturated rings. The number of carbonyl (C=O) groups excluding carboxylic acids is 1. The standard InChI is InChI=1S/C12H12N2O2.C6H4/c1-4-9-6-5-7-13-10(9)14-8-12(2,3)16-11(14)15;1-2-5-4-6(5)3-1/h1,5-7H,8H2,2-3H3;1-4H. The molecule has 0 N–H and O–H groups in total. The number of cyclic esters (lactones) is 1. The molecule has 110 valence electrons. The monoisotopic (exact) mass is 292 g/mol. The number of pyridine rings is 1. The van der Waals surface area contributed by atoms with Crippen LogP contribution in [0.5, 0.6) is 0 Å². The van der Waals surface area contributed by atoms with E-state index in [0.29, 0.717) is 17.9 Å². The minimum atomic E-state index is -0.500. The van der Waals surface area contributed by atoms with Crippen LogP contribution in [0.15, 0.2) is 42.6 Å². The highest BCUT2D eigenvalue weighted by Gasteiger charge is 2.39. The average molecular weight is 292 g/mol. The molecule has 2 aliphatic carbocycles. The number of benzene rings is 1. The fourth-order valence-electron chi connectivity index (χ4n) is 2.33. The molecule has 0 atom stereocenters. The molecule has 2 heterocycles. The molecule has 0 saturated carbocycles. The molecular formula is C18H16N2O2. The zero-order valence-corrected chi connectivity index (χ0v) is 12.5. The number of nitrogens with zero attached hydrogens (tertiary/aromatic N) is 2. The molecule has 1 aromatic heterocycles. The lowest BCUT2D eigenvalue weighted by atomic mass is 10.1. The maximum Gasteiger partial charge on any atom is 0.416 e. The van der Waals surface area contributed by atoms with E-state index in [-0.39, 0.29) is 0 Å². The van der Waals surface area contributed by atoms with Crippen LogP contribution in [0, 0.1) is 12.3 Å². The van der Waals surface area contributed by atoms with Crippen molar-refractivity contribution in [2.75, 3.05) is 11.4 Å². The Morgan fingerprint density at radius 2 is 2.00 bits per heavy atom. The quantitative estimate of drug-likeness (QED) is 0.645. The van der Waals surface area contributed by atoms with Crippen molar-refractivity contribution < 1.29 is 9.53 Å². The highest BCUT2D eigenvalue weighted by Crippen LogP contribution is 2.32. The molecule has 4 nitrogen and oxygen atoms in total. The third-order valence-electron chi connectivity index (χ3n) is 3.43. The van der Waals surface area contributed by atoms with Crippen molar-refractivity contribution in [3.63, 3.8) is 0 Å². The lowest BCUT2D eigenvalue weighted by Crippen LogP contribution is -2.29. The van der Waals surface area contributed by atoms with Crippen LogP contribution in [-0.2, 0) is 4.74 Å². The van der Waals surface area contributed by atoms with Crippen molar-refractivity contribution in [1.82, 2.24) is 4.98 Å². The van der Waals surface area contributed by atoms with Gasteiger partial charge in [-0.2, -0.15) is 0 Å². The summed E-state index contributed by atoms with van der Waals surface area (Å²) in [5.41, 5.74) is 2.95. The minimum Gasteiger partial charge on any atom is -0.441 e. The second kappa shape index (κ2) is 5.19. The number of ether oxygens (including phenoxy) is 1. The van der Waals surface area contributed by atoms with Crippen LogP contribution in [0.25, 0.3) is 11.1 Å². The van der Waals surface area contributed by atoms with E-state index in [4.69, 9.17) is 11.2 Å². The van der Waals surface area contributed by atoms with Crippen molar-refractivity contribution in [1.29, 1.82) is 0 Å². The molecular weight excluding hydrogens is 276 g/mol. The number of terminal acetylenes is 1. The highest BCUT2D eigenvalue weighted by atomic mass is 16.6. The van der Waals surface area contributed by atoms with Crippen LogP contribution in [0.2, 0.25) is 0 Å². The Balaban J connectivity index is 0.000000196. The van der Waals surface area contributed by atoms with E-state index in [1.165, 1.54) is 16.0 Å². The number of anilines is 1. The first kappa shape index (κ1) is 14.2. The molecule has 0 spiro atoms. The zero-order chi connectivity index (χ0) is 15.7. The third-order valence-corrected chi connectivity index (χ3v) is 3.43. The predicted octanol–water partition coefficient (Wildman–Crippen LogP) is 3.47. The topological polar surface area (TPSA) is 42.4 Å². The molecule has 0 unspecified atom stereocenters. The van der Waals surface area contributed by atoms with Gasteiger partial charge in [0.2, 0.25) is 0 Å². The first-order valence-corrected chi connectivity index (χ1v) is 7.03. The van der Waals surface area contributed by atoms with Crippen molar-refractivity contribution in [3.8, 4) is 23.5 Å². The highest BCUT2D eigenvalue weighted by molar-refractivity contribution is 5.90. The summed E-state index contributed by atoms with van der Waals surface area (Å²) in [4.78, 5) is 17.3. The molecule has 4 rings (SSSR count). The lowest BCUT2D eigenvalue weighted by molar-refractivity contribution is 0.0871. The fraction of sp³-hybridized carbons (Fsp3) is 0.222. The van der Waals surface area contributed by atoms with E-state index >= 15 is 0 Å². The molecule has 1 amide bonds. The Morgan fingerprint density at radius 3 is 2.45 bits per heavy atom. The van der Waals surface area contributed by atoms with E-state index in [1.54, 1.807) is 18.3 Å². The molecule has 0 aromatic carbocycles. The summed E-state index contributed by atoms with van der Waals surface area (Å²) in [6, 6.07) is 12.0. The molecule has 4 heteroatoms. The Kier molecular flexibility index (Phi) is 3.34. The minimum absolute atomic E-state index is 0.403. The number of hydrogen-bond donors (Lipinski definition) is 0. The molecule has 1 saturated heterocycles. The summed E-state index contributed by atoms with van der Waals surface area (Å²) in [6.07, 6.45) is 6.57. The zero-order valence-electron chi connectivity index (χ0n) is 12.5. The van der Waals surface area contributed by atoms with Crippen LogP contribution in [0.4, 0.5) is 10.6 Å². The van der Waals surface area contributed by atoms with E-state index in [0.717, 1.165) is 0 Å². The summed E-state index contributed by atoms with van der Waals surface area (Å²) in [7, 11) is 0. The first-order valence-electron chi connectivity index (χ1n) is 7.03. The van der Waals surface area contributed by atoms with Crippen molar-refractivity contribution >= 4 is 11.9 Å². The van der Waals surface area contributed by atoms with Gasteiger partial charge in [-0.15, -0.1) is 6.42 Å². The van der Waals surface area contributed by atoms with Gasteiger partial charge < -0.3 is 4.74 Å². The Bertz CT molecular complexity index is 757. The predicted molar refractivity (Wildman–Crippen MR) is 85.5 cm³/mol. The molecule has 22 heavy (non-hydrogen) atoms. The van der Waals surface area contributed by atoms with Gasteiger partial charge in [-0.1, -0.05) is 24.1 Å². The Labute approximate surface area is 129 Å². The number of fused-ring (bicyclic) bond motifs is 1. The van der Waals surface area contributed by atoms with Crippen LogP contribution < -0.4 is 4.90 Å². The maximum atomic E-state index is 11.7. The van der Waals surface area contributed by atoms with Crippen molar-refractivity contribution in [3.05, 3.63) is 48.2 Å². The average Bonchev–Trinajstić information content (AvgIpc) is 2.98. The van der Waals surface area contributed by atoms with Gasteiger partial charge in [0.1, 0.15) is 5.60 Å². The number of amides is 1. The number of hydrogen-bond acceptors (Lipinski definition) is 3. The van der Waals surface area contributed by atoms with Crippen molar-refractivity contribution in [2.45, 2.75) is 19.4 Å². The molecule has 0 radical (unpaired) electrons. The largest absolute Gasteiger partial charge is 0.441 e. The van der Waals surface area contributed by atoms with Gasteiger partial charge >= 0.3 is 6.09 Å². The van der Waals surface area contributed by atoms with Gasteiger partial charge in [0.15, 0.2) is 5.82 Å². The Hall–Kier alpha value is -2.80. The fourth-order valence-corrected chi connectivity index (χ4v) is 2.33. The molecule has 1 aromatic rings.